The Hall–Kier alpha value is -2.98. The summed E-state index contributed by atoms with van der Waals surface area (Å²) in [6.07, 6.45) is 0.267. The van der Waals surface area contributed by atoms with Crippen LogP contribution in [0.2, 0.25) is 0 Å². The molecule has 3 rings (SSSR count). The minimum atomic E-state index is -4.07. The van der Waals surface area contributed by atoms with Crippen LogP contribution in [0.3, 0.4) is 0 Å². The first-order valence-corrected chi connectivity index (χ1v) is 11.3. The fourth-order valence-electron chi connectivity index (χ4n) is 3.86. The first kappa shape index (κ1) is 23.7. The number of nitrogens with zero attached hydrogens (tertiary/aromatic N) is 1. The lowest BCUT2D eigenvalue weighted by Gasteiger charge is -2.36. The maximum atomic E-state index is 13.8. The van der Waals surface area contributed by atoms with Crippen molar-refractivity contribution in [2.75, 3.05) is 42.1 Å². The van der Waals surface area contributed by atoms with Gasteiger partial charge in [0.15, 0.2) is 11.5 Å². The van der Waals surface area contributed by atoms with Gasteiger partial charge in [0, 0.05) is 12.6 Å². The minimum absolute atomic E-state index is 0.0434. The smallest absolute Gasteiger partial charge is 0.307 e. The van der Waals surface area contributed by atoms with Gasteiger partial charge in [-0.1, -0.05) is 0 Å². The number of esters is 1. The molecule has 174 valence electrons. The third-order valence-electron chi connectivity index (χ3n) is 5.50. The van der Waals surface area contributed by atoms with Crippen LogP contribution >= 0.6 is 0 Å². The molecule has 1 aliphatic rings. The van der Waals surface area contributed by atoms with Crippen molar-refractivity contribution in [2.45, 2.75) is 23.8 Å². The monoisotopic (exact) mass is 465 g/mol. The standard InChI is InChI=1S/C22H27NO8S/c1-27-15-6-7-18(28-2)21(11-15)32(25,26)23-9-8-14-10-19(29-3)20(30-4)12-16(14)17(23)13-22(24)31-5/h6-7,10-12,17H,8-9,13H2,1-5H3. The summed E-state index contributed by atoms with van der Waals surface area (Å²) >= 11 is 0. The van der Waals surface area contributed by atoms with Gasteiger partial charge in [-0.15, -0.1) is 0 Å². The van der Waals surface area contributed by atoms with Gasteiger partial charge < -0.3 is 23.7 Å². The van der Waals surface area contributed by atoms with E-state index in [-0.39, 0.29) is 23.6 Å². The average Bonchev–Trinajstić information content (AvgIpc) is 2.82. The molecule has 0 aliphatic carbocycles. The largest absolute Gasteiger partial charge is 0.497 e. The SMILES string of the molecule is COC(=O)CC1c2cc(OC)c(OC)cc2CCN1S(=O)(=O)c1cc(OC)ccc1OC. The third-order valence-corrected chi connectivity index (χ3v) is 7.43. The second-order valence-electron chi connectivity index (χ2n) is 7.08. The highest BCUT2D eigenvalue weighted by Gasteiger charge is 2.40. The van der Waals surface area contributed by atoms with E-state index in [4.69, 9.17) is 23.7 Å². The molecule has 1 heterocycles. The Balaban J connectivity index is 2.16. The topological polar surface area (TPSA) is 101 Å². The predicted octanol–water partition coefficient (Wildman–Crippen LogP) is 2.57. The lowest BCUT2D eigenvalue weighted by molar-refractivity contribution is -0.141. The number of sulfonamides is 1. The van der Waals surface area contributed by atoms with E-state index in [0.717, 1.165) is 5.56 Å². The number of hydrogen-bond acceptors (Lipinski definition) is 8. The van der Waals surface area contributed by atoms with Gasteiger partial charge in [-0.05, 0) is 41.8 Å². The molecule has 0 amide bonds. The molecule has 0 radical (unpaired) electrons. The third kappa shape index (κ3) is 4.33. The average molecular weight is 466 g/mol. The number of carbonyl (C=O) groups is 1. The molecule has 1 aliphatic heterocycles. The van der Waals surface area contributed by atoms with Crippen LogP contribution in [0, 0.1) is 0 Å². The summed E-state index contributed by atoms with van der Waals surface area (Å²) in [4.78, 5) is 12.2. The van der Waals surface area contributed by atoms with Gasteiger partial charge in [-0.2, -0.15) is 4.31 Å². The zero-order valence-corrected chi connectivity index (χ0v) is 19.5. The van der Waals surface area contributed by atoms with Crippen molar-refractivity contribution < 1.29 is 36.9 Å². The normalized spacial score (nSPS) is 16.1. The molecule has 32 heavy (non-hydrogen) atoms. The molecule has 0 N–H and O–H groups in total. The van der Waals surface area contributed by atoms with E-state index in [1.54, 1.807) is 12.1 Å². The number of rotatable bonds is 8. The van der Waals surface area contributed by atoms with Crippen molar-refractivity contribution in [3.63, 3.8) is 0 Å². The summed E-state index contributed by atoms with van der Waals surface area (Å²) in [5, 5.41) is 0. The van der Waals surface area contributed by atoms with E-state index in [0.29, 0.717) is 29.2 Å². The zero-order chi connectivity index (χ0) is 23.5. The molecular weight excluding hydrogens is 438 g/mol. The Kier molecular flexibility index (Phi) is 7.15. The second kappa shape index (κ2) is 9.66. The van der Waals surface area contributed by atoms with Gasteiger partial charge in [0.1, 0.15) is 16.4 Å². The predicted molar refractivity (Wildman–Crippen MR) is 116 cm³/mol. The van der Waals surface area contributed by atoms with Crippen LogP contribution in [0.15, 0.2) is 35.2 Å². The van der Waals surface area contributed by atoms with Gasteiger partial charge >= 0.3 is 5.97 Å². The van der Waals surface area contributed by atoms with E-state index in [2.05, 4.69) is 0 Å². The molecule has 0 aromatic heterocycles. The number of hydrogen-bond donors (Lipinski definition) is 0. The Morgan fingerprint density at radius 2 is 1.59 bits per heavy atom. The maximum Gasteiger partial charge on any atom is 0.307 e. The Morgan fingerprint density at radius 1 is 0.938 bits per heavy atom. The molecule has 2 aromatic rings. The molecule has 10 heteroatoms. The molecule has 0 bridgehead atoms. The Labute approximate surface area is 187 Å². The summed E-state index contributed by atoms with van der Waals surface area (Å²) in [6.45, 7) is 0.160. The van der Waals surface area contributed by atoms with Crippen LogP contribution in [0.25, 0.3) is 0 Å². The van der Waals surface area contributed by atoms with E-state index in [1.165, 1.54) is 52.0 Å². The highest BCUT2D eigenvalue weighted by molar-refractivity contribution is 7.89. The molecule has 2 aromatic carbocycles. The summed E-state index contributed by atoms with van der Waals surface area (Å²) in [7, 11) is 3.08. The highest BCUT2D eigenvalue weighted by Crippen LogP contribution is 2.43. The van der Waals surface area contributed by atoms with Gasteiger partial charge in [0.05, 0.1) is 48.0 Å². The number of fused-ring (bicyclic) bond motifs is 1. The number of methoxy groups -OCH3 is 5. The van der Waals surface area contributed by atoms with E-state index < -0.39 is 22.0 Å². The molecule has 9 nitrogen and oxygen atoms in total. The lowest BCUT2D eigenvalue weighted by atomic mass is 9.91. The van der Waals surface area contributed by atoms with Crippen LogP contribution in [0.1, 0.15) is 23.6 Å². The molecule has 0 saturated carbocycles. The zero-order valence-electron chi connectivity index (χ0n) is 18.7. The Morgan fingerprint density at radius 3 is 2.19 bits per heavy atom. The van der Waals surface area contributed by atoms with Crippen molar-refractivity contribution in [1.29, 1.82) is 0 Å². The van der Waals surface area contributed by atoms with Gasteiger partial charge in [-0.25, -0.2) is 8.42 Å². The van der Waals surface area contributed by atoms with E-state index >= 15 is 0 Å². The number of benzene rings is 2. The summed E-state index contributed by atoms with van der Waals surface area (Å²) < 4.78 is 55.0. The fourth-order valence-corrected chi connectivity index (χ4v) is 5.64. The maximum absolute atomic E-state index is 13.8. The van der Waals surface area contributed by atoms with Crippen LogP contribution in [-0.2, 0) is 26.0 Å². The first-order valence-electron chi connectivity index (χ1n) is 9.86. The second-order valence-corrected chi connectivity index (χ2v) is 8.94. The van der Waals surface area contributed by atoms with Crippen molar-refractivity contribution >= 4 is 16.0 Å². The molecule has 1 unspecified atom stereocenters. The van der Waals surface area contributed by atoms with Crippen molar-refractivity contribution in [3.05, 3.63) is 41.5 Å². The van der Waals surface area contributed by atoms with E-state index in [9.17, 15) is 13.2 Å². The van der Waals surface area contributed by atoms with Crippen LogP contribution in [-0.4, -0.2) is 60.8 Å². The molecule has 0 fully saturated rings. The van der Waals surface area contributed by atoms with Crippen LogP contribution in [0.5, 0.6) is 23.0 Å². The summed E-state index contributed by atoms with van der Waals surface area (Å²) in [5.74, 6) is 1.00. The Bertz CT molecular complexity index is 1100. The van der Waals surface area contributed by atoms with E-state index in [1.807, 2.05) is 6.07 Å². The molecular formula is C22H27NO8S. The van der Waals surface area contributed by atoms with Crippen LogP contribution < -0.4 is 18.9 Å². The van der Waals surface area contributed by atoms with Crippen molar-refractivity contribution in [2.24, 2.45) is 0 Å². The minimum Gasteiger partial charge on any atom is -0.497 e. The van der Waals surface area contributed by atoms with Gasteiger partial charge in [0.2, 0.25) is 10.0 Å². The van der Waals surface area contributed by atoms with Crippen LogP contribution in [0.4, 0.5) is 0 Å². The number of carbonyl (C=O) groups excluding carboxylic acids is 1. The molecule has 0 spiro atoms. The van der Waals surface area contributed by atoms with Crippen molar-refractivity contribution in [1.82, 2.24) is 4.31 Å². The van der Waals surface area contributed by atoms with Gasteiger partial charge in [-0.3, -0.25) is 4.79 Å². The summed E-state index contributed by atoms with van der Waals surface area (Å²) in [6, 6.07) is 7.29. The van der Waals surface area contributed by atoms with Crippen molar-refractivity contribution in [3.8, 4) is 23.0 Å². The molecule has 1 atom stereocenters. The molecule has 0 saturated heterocycles. The number of ether oxygens (including phenoxy) is 5. The quantitative estimate of drug-likeness (QED) is 0.549. The highest BCUT2D eigenvalue weighted by atomic mass is 32.2. The summed E-state index contributed by atoms with van der Waals surface area (Å²) in [5.41, 5.74) is 1.53. The van der Waals surface area contributed by atoms with Gasteiger partial charge in [0.25, 0.3) is 0 Å². The first-order chi connectivity index (χ1) is 15.3. The lowest BCUT2D eigenvalue weighted by Crippen LogP contribution is -2.41. The fraction of sp³-hybridized carbons (Fsp3) is 0.409.